The SMILES string of the molecule is O=C1CCN(C(=O)C2=COCCC2)CCN(c2nccn3nnnc23)CCN1. The minimum Gasteiger partial charge on any atom is -0.501 e. The van der Waals surface area contributed by atoms with E-state index in [0.29, 0.717) is 62.8 Å². The molecule has 0 radical (unpaired) electrons. The number of rotatable bonds is 2. The summed E-state index contributed by atoms with van der Waals surface area (Å²) in [7, 11) is 0. The van der Waals surface area contributed by atoms with Crippen LogP contribution < -0.4 is 10.2 Å². The minimum absolute atomic E-state index is 0.0798. The van der Waals surface area contributed by atoms with Gasteiger partial charge in [0.05, 0.1) is 24.6 Å². The summed E-state index contributed by atoms with van der Waals surface area (Å²) in [5, 5.41) is 14.5. The summed E-state index contributed by atoms with van der Waals surface area (Å²) in [6, 6.07) is 0. The van der Waals surface area contributed by atoms with E-state index in [1.54, 1.807) is 28.1 Å². The van der Waals surface area contributed by atoms with Crippen molar-refractivity contribution in [2.45, 2.75) is 19.3 Å². The van der Waals surface area contributed by atoms with Gasteiger partial charge in [-0.15, -0.1) is 5.10 Å². The number of nitrogens with zero attached hydrogens (tertiary/aromatic N) is 7. The zero-order chi connectivity index (χ0) is 19.3. The molecule has 4 rings (SSSR count). The van der Waals surface area contributed by atoms with E-state index in [-0.39, 0.29) is 18.2 Å². The molecule has 1 fully saturated rings. The number of carbonyl (C=O) groups is 2. The summed E-state index contributed by atoms with van der Waals surface area (Å²) in [4.78, 5) is 33.1. The van der Waals surface area contributed by atoms with Gasteiger partial charge in [0.2, 0.25) is 11.6 Å². The highest BCUT2D eigenvalue weighted by Crippen LogP contribution is 2.18. The molecule has 0 aromatic carbocycles. The lowest BCUT2D eigenvalue weighted by molar-refractivity contribution is -0.128. The van der Waals surface area contributed by atoms with Crippen LogP contribution in [0.1, 0.15) is 19.3 Å². The topological polar surface area (TPSA) is 118 Å². The van der Waals surface area contributed by atoms with Crippen LogP contribution in [0.4, 0.5) is 5.82 Å². The van der Waals surface area contributed by atoms with Crippen molar-refractivity contribution < 1.29 is 14.3 Å². The fraction of sp³-hybridized carbons (Fsp3) is 0.529. The van der Waals surface area contributed by atoms with Gasteiger partial charge in [0, 0.05) is 45.3 Å². The standard InChI is InChI=1S/C17H22N8O3/c26-14-3-6-24(17(27)13-2-1-11-28-12-13)10-9-23(7-4-18-14)15-16-20-21-22-25(16)8-5-19-15/h5,8,12H,1-4,6-7,9-11H2,(H,18,26). The maximum Gasteiger partial charge on any atom is 0.252 e. The van der Waals surface area contributed by atoms with Crippen LogP contribution in [0, 0.1) is 0 Å². The molecule has 2 aromatic rings. The summed E-state index contributed by atoms with van der Waals surface area (Å²) in [5.74, 6) is 0.460. The first-order valence-electron chi connectivity index (χ1n) is 9.36. The molecule has 2 aromatic heterocycles. The van der Waals surface area contributed by atoms with Crippen LogP contribution in [0.15, 0.2) is 24.2 Å². The molecule has 0 spiro atoms. The molecular weight excluding hydrogens is 364 g/mol. The number of ether oxygens (including phenoxy) is 1. The molecule has 4 heterocycles. The Morgan fingerprint density at radius 1 is 1.18 bits per heavy atom. The van der Waals surface area contributed by atoms with E-state index < -0.39 is 0 Å². The largest absolute Gasteiger partial charge is 0.501 e. The number of aromatic nitrogens is 5. The van der Waals surface area contributed by atoms with Crippen LogP contribution >= 0.6 is 0 Å². The summed E-state index contributed by atoms with van der Waals surface area (Å²) in [6.07, 6.45) is 6.65. The van der Waals surface area contributed by atoms with Crippen molar-refractivity contribution in [1.29, 1.82) is 0 Å². The van der Waals surface area contributed by atoms with Gasteiger partial charge in [0.1, 0.15) is 0 Å². The zero-order valence-corrected chi connectivity index (χ0v) is 15.5. The van der Waals surface area contributed by atoms with Gasteiger partial charge in [0.15, 0.2) is 5.82 Å². The third-order valence-corrected chi connectivity index (χ3v) is 4.85. The summed E-state index contributed by atoms with van der Waals surface area (Å²) in [6.45, 7) is 3.03. The second-order valence-electron chi connectivity index (χ2n) is 6.69. The van der Waals surface area contributed by atoms with Crippen molar-refractivity contribution in [2.75, 3.05) is 44.2 Å². The fourth-order valence-corrected chi connectivity index (χ4v) is 3.35. The van der Waals surface area contributed by atoms with Crippen LogP contribution in [0.5, 0.6) is 0 Å². The molecule has 1 N–H and O–H groups in total. The number of hydrogen-bond acceptors (Lipinski definition) is 8. The van der Waals surface area contributed by atoms with Gasteiger partial charge < -0.3 is 19.9 Å². The van der Waals surface area contributed by atoms with Crippen LogP contribution in [-0.4, -0.2) is 81.1 Å². The van der Waals surface area contributed by atoms with Crippen LogP contribution in [0.25, 0.3) is 5.65 Å². The Kier molecular flexibility index (Phi) is 5.31. The normalized spacial score (nSPS) is 19.0. The number of amides is 2. The lowest BCUT2D eigenvalue weighted by Gasteiger charge is -2.30. The Morgan fingerprint density at radius 2 is 2.11 bits per heavy atom. The Bertz CT molecular complexity index is 895. The average Bonchev–Trinajstić information content (AvgIpc) is 3.22. The highest BCUT2D eigenvalue weighted by atomic mass is 16.5. The fourth-order valence-electron chi connectivity index (χ4n) is 3.35. The highest BCUT2D eigenvalue weighted by molar-refractivity contribution is 5.93. The van der Waals surface area contributed by atoms with Crippen LogP contribution in [0.3, 0.4) is 0 Å². The molecule has 2 amide bonds. The van der Waals surface area contributed by atoms with E-state index >= 15 is 0 Å². The van der Waals surface area contributed by atoms with E-state index in [0.717, 1.165) is 6.42 Å². The molecule has 11 heteroatoms. The predicted molar refractivity (Wildman–Crippen MR) is 98.3 cm³/mol. The van der Waals surface area contributed by atoms with Crippen LogP contribution in [0.2, 0.25) is 0 Å². The van der Waals surface area contributed by atoms with E-state index in [1.165, 1.54) is 0 Å². The molecule has 11 nitrogen and oxygen atoms in total. The Hall–Kier alpha value is -3.24. The van der Waals surface area contributed by atoms with Gasteiger partial charge in [-0.25, -0.2) is 4.98 Å². The Labute approximate surface area is 161 Å². The van der Waals surface area contributed by atoms with E-state index in [2.05, 4.69) is 25.8 Å². The molecule has 0 bridgehead atoms. The van der Waals surface area contributed by atoms with E-state index in [4.69, 9.17) is 4.74 Å². The first-order chi connectivity index (χ1) is 13.7. The van der Waals surface area contributed by atoms with Gasteiger partial charge in [0.25, 0.3) is 5.91 Å². The highest BCUT2D eigenvalue weighted by Gasteiger charge is 2.24. The number of fused-ring (bicyclic) bond motifs is 1. The Morgan fingerprint density at radius 3 is 2.96 bits per heavy atom. The quantitative estimate of drug-likeness (QED) is 0.725. The number of nitrogens with one attached hydrogen (secondary N) is 1. The van der Waals surface area contributed by atoms with E-state index in [9.17, 15) is 9.59 Å². The third-order valence-electron chi connectivity index (χ3n) is 4.85. The number of anilines is 1. The van der Waals surface area contributed by atoms with E-state index in [1.807, 2.05) is 4.90 Å². The van der Waals surface area contributed by atoms with Gasteiger partial charge in [-0.2, -0.15) is 4.52 Å². The second-order valence-corrected chi connectivity index (χ2v) is 6.69. The van der Waals surface area contributed by atoms with Gasteiger partial charge in [-0.3, -0.25) is 9.59 Å². The smallest absolute Gasteiger partial charge is 0.252 e. The van der Waals surface area contributed by atoms with Gasteiger partial charge in [-0.05, 0) is 23.3 Å². The van der Waals surface area contributed by atoms with Crippen molar-refractivity contribution >= 4 is 23.3 Å². The summed E-state index contributed by atoms with van der Waals surface area (Å²) >= 11 is 0. The van der Waals surface area contributed by atoms with Crippen molar-refractivity contribution in [3.05, 3.63) is 24.2 Å². The first-order valence-corrected chi connectivity index (χ1v) is 9.36. The van der Waals surface area contributed by atoms with Gasteiger partial charge in [-0.1, -0.05) is 0 Å². The van der Waals surface area contributed by atoms with Crippen molar-refractivity contribution in [3.63, 3.8) is 0 Å². The van der Waals surface area contributed by atoms with Crippen LogP contribution in [-0.2, 0) is 14.3 Å². The number of hydrogen-bond donors (Lipinski definition) is 1. The molecule has 0 atom stereocenters. The Balaban J connectivity index is 1.56. The third kappa shape index (κ3) is 3.87. The number of carbonyl (C=O) groups excluding carboxylic acids is 2. The lowest BCUT2D eigenvalue weighted by atomic mass is 10.1. The van der Waals surface area contributed by atoms with Crippen molar-refractivity contribution in [2.24, 2.45) is 0 Å². The molecule has 0 unspecified atom stereocenters. The first kappa shape index (κ1) is 18.1. The molecule has 0 saturated carbocycles. The molecule has 2 aliphatic rings. The maximum absolute atomic E-state index is 12.9. The summed E-state index contributed by atoms with van der Waals surface area (Å²) < 4.78 is 6.86. The molecule has 148 valence electrons. The molecule has 28 heavy (non-hydrogen) atoms. The number of tetrazole rings is 1. The minimum atomic E-state index is -0.0802. The summed E-state index contributed by atoms with van der Waals surface area (Å²) in [5.41, 5.74) is 1.18. The molecule has 0 aliphatic carbocycles. The van der Waals surface area contributed by atoms with Crippen molar-refractivity contribution in [1.82, 2.24) is 35.2 Å². The predicted octanol–water partition coefficient (Wildman–Crippen LogP) is -0.631. The zero-order valence-electron chi connectivity index (χ0n) is 15.5. The average molecular weight is 386 g/mol. The second kappa shape index (κ2) is 8.19. The maximum atomic E-state index is 12.9. The van der Waals surface area contributed by atoms with Crippen molar-refractivity contribution in [3.8, 4) is 0 Å². The monoisotopic (exact) mass is 386 g/mol. The van der Waals surface area contributed by atoms with Gasteiger partial charge >= 0.3 is 0 Å². The molecule has 2 aliphatic heterocycles. The molecule has 1 saturated heterocycles. The lowest BCUT2D eigenvalue weighted by Crippen LogP contribution is -2.46. The molecular formula is C17H22N8O3.